The SMILES string of the molecule is NC1CC/C(=C/c2cccc(F)c2Br)C1. The fraction of sp³-hybridized carbons (Fsp3) is 0.333. The number of hydrogen-bond donors (Lipinski definition) is 1. The van der Waals surface area contributed by atoms with Crippen LogP contribution in [-0.4, -0.2) is 6.04 Å². The van der Waals surface area contributed by atoms with Crippen molar-refractivity contribution in [3.8, 4) is 0 Å². The van der Waals surface area contributed by atoms with E-state index in [4.69, 9.17) is 5.73 Å². The van der Waals surface area contributed by atoms with Gasteiger partial charge in [0.15, 0.2) is 0 Å². The lowest BCUT2D eigenvalue weighted by atomic mass is 10.1. The number of rotatable bonds is 1. The van der Waals surface area contributed by atoms with Crippen LogP contribution in [0.25, 0.3) is 6.08 Å². The molecule has 0 aromatic heterocycles. The van der Waals surface area contributed by atoms with Crippen LogP contribution in [-0.2, 0) is 0 Å². The van der Waals surface area contributed by atoms with Crippen LogP contribution in [0.15, 0.2) is 28.2 Å². The molecule has 0 aliphatic heterocycles. The summed E-state index contributed by atoms with van der Waals surface area (Å²) in [5.41, 5.74) is 8.04. The Morgan fingerprint density at radius 1 is 1.47 bits per heavy atom. The van der Waals surface area contributed by atoms with Crippen molar-refractivity contribution in [1.82, 2.24) is 0 Å². The maximum absolute atomic E-state index is 13.2. The molecule has 1 unspecified atom stereocenters. The van der Waals surface area contributed by atoms with Gasteiger partial charge in [0.2, 0.25) is 0 Å². The van der Waals surface area contributed by atoms with Crippen LogP contribution in [0.5, 0.6) is 0 Å². The van der Waals surface area contributed by atoms with E-state index < -0.39 is 0 Å². The molecular formula is C12H13BrFN. The van der Waals surface area contributed by atoms with Crippen LogP contribution in [0.1, 0.15) is 24.8 Å². The van der Waals surface area contributed by atoms with Gasteiger partial charge in [-0.25, -0.2) is 4.39 Å². The molecule has 2 rings (SSSR count). The molecule has 1 aromatic rings. The first kappa shape index (κ1) is 10.8. The molecule has 0 saturated heterocycles. The summed E-state index contributed by atoms with van der Waals surface area (Å²) in [6, 6.07) is 5.36. The van der Waals surface area contributed by atoms with E-state index >= 15 is 0 Å². The summed E-state index contributed by atoms with van der Waals surface area (Å²) in [5, 5.41) is 0. The molecule has 1 aliphatic carbocycles. The van der Waals surface area contributed by atoms with E-state index in [0.717, 1.165) is 24.8 Å². The van der Waals surface area contributed by atoms with Gasteiger partial charge in [-0.15, -0.1) is 0 Å². The minimum absolute atomic E-state index is 0.216. The third-order valence-electron chi connectivity index (χ3n) is 2.70. The molecular weight excluding hydrogens is 257 g/mol. The van der Waals surface area contributed by atoms with Crippen molar-refractivity contribution >= 4 is 22.0 Å². The highest BCUT2D eigenvalue weighted by Gasteiger charge is 2.15. The van der Waals surface area contributed by atoms with E-state index in [1.54, 1.807) is 6.07 Å². The van der Waals surface area contributed by atoms with E-state index in [2.05, 4.69) is 15.9 Å². The lowest BCUT2D eigenvalue weighted by Crippen LogP contribution is -2.13. The summed E-state index contributed by atoms with van der Waals surface area (Å²) in [4.78, 5) is 0. The molecule has 3 heteroatoms. The van der Waals surface area contributed by atoms with Crippen LogP contribution < -0.4 is 5.73 Å². The van der Waals surface area contributed by atoms with Gasteiger partial charge in [0.25, 0.3) is 0 Å². The second-order valence-electron chi connectivity index (χ2n) is 3.95. The smallest absolute Gasteiger partial charge is 0.137 e. The highest BCUT2D eigenvalue weighted by molar-refractivity contribution is 9.10. The average Bonchev–Trinajstić information content (AvgIpc) is 2.59. The minimum atomic E-state index is -0.216. The normalized spacial score (nSPS) is 23.7. The molecule has 1 atom stereocenters. The number of hydrogen-bond acceptors (Lipinski definition) is 1. The van der Waals surface area contributed by atoms with E-state index in [1.807, 2.05) is 12.1 Å². The highest BCUT2D eigenvalue weighted by Crippen LogP contribution is 2.28. The van der Waals surface area contributed by atoms with E-state index in [0.29, 0.717) is 4.47 Å². The van der Waals surface area contributed by atoms with E-state index in [-0.39, 0.29) is 11.9 Å². The van der Waals surface area contributed by atoms with Gasteiger partial charge in [-0.2, -0.15) is 0 Å². The lowest BCUT2D eigenvalue weighted by molar-refractivity contribution is 0.620. The first-order chi connectivity index (χ1) is 7.16. The molecule has 80 valence electrons. The third-order valence-corrected chi connectivity index (χ3v) is 3.54. The molecule has 0 amide bonds. The zero-order valence-corrected chi connectivity index (χ0v) is 9.93. The van der Waals surface area contributed by atoms with Crippen molar-refractivity contribution in [2.24, 2.45) is 5.73 Å². The van der Waals surface area contributed by atoms with Gasteiger partial charge in [0.1, 0.15) is 5.82 Å². The van der Waals surface area contributed by atoms with E-state index in [1.165, 1.54) is 11.6 Å². The Hall–Kier alpha value is -0.670. The molecule has 0 heterocycles. The standard InChI is InChI=1S/C12H13BrFN/c13-12-9(2-1-3-11(12)14)6-8-4-5-10(15)7-8/h1-3,6,10H,4-5,7,15H2/b8-6-. The molecule has 1 nitrogen and oxygen atoms in total. The van der Waals surface area contributed by atoms with Crippen LogP contribution in [0.4, 0.5) is 4.39 Å². The van der Waals surface area contributed by atoms with Crippen molar-refractivity contribution < 1.29 is 4.39 Å². The predicted molar refractivity (Wildman–Crippen MR) is 63.9 cm³/mol. The average molecular weight is 270 g/mol. The quantitative estimate of drug-likeness (QED) is 0.830. The van der Waals surface area contributed by atoms with Gasteiger partial charge in [-0.05, 0) is 46.8 Å². The maximum atomic E-state index is 13.2. The van der Waals surface area contributed by atoms with Gasteiger partial charge >= 0.3 is 0 Å². The van der Waals surface area contributed by atoms with Crippen molar-refractivity contribution in [3.05, 3.63) is 39.6 Å². The summed E-state index contributed by atoms with van der Waals surface area (Å²) in [7, 11) is 0. The summed E-state index contributed by atoms with van der Waals surface area (Å²) < 4.78 is 13.8. The Labute approximate surface area is 97.3 Å². The Bertz CT molecular complexity index is 401. The molecule has 0 bridgehead atoms. The summed E-state index contributed by atoms with van der Waals surface area (Å²) in [6.45, 7) is 0. The largest absolute Gasteiger partial charge is 0.327 e. The van der Waals surface area contributed by atoms with Gasteiger partial charge in [0, 0.05) is 6.04 Å². The predicted octanol–water partition coefficient (Wildman–Crippen LogP) is 3.48. The topological polar surface area (TPSA) is 26.0 Å². The summed E-state index contributed by atoms with van der Waals surface area (Å²) in [5.74, 6) is -0.216. The molecule has 0 radical (unpaired) electrons. The van der Waals surface area contributed by atoms with Crippen LogP contribution in [0.2, 0.25) is 0 Å². The van der Waals surface area contributed by atoms with Gasteiger partial charge in [0.05, 0.1) is 4.47 Å². The Balaban J connectivity index is 2.27. The lowest BCUT2D eigenvalue weighted by Gasteiger charge is -2.02. The van der Waals surface area contributed by atoms with Crippen LogP contribution >= 0.6 is 15.9 Å². The van der Waals surface area contributed by atoms with Crippen LogP contribution in [0, 0.1) is 5.82 Å². The fourth-order valence-corrected chi connectivity index (χ4v) is 2.27. The second-order valence-corrected chi connectivity index (χ2v) is 4.74. The monoisotopic (exact) mass is 269 g/mol. The Kier molecular flexibility index (Phi) is 3.22. The van der Waals surface area contributed by atoms with Crippen molar-refractivity contribution in [3.63, 3.8) is 0 Å². The first-order valence-electron chi connectivity index (χ1n) is 5.06. The van der Waals surface area contributed by atoms with Gasteiger partial charge < -0.3 is 5.73 Å². The number of nitrogens with two attached hydrogens (primary N) is 1. The first-order valence-corrected chi connectivity index (χ1v) is 5.85. The highest BCUT2D eigenvalue weighted by atomic mass is 79.9. The third kappa shape index (κ3) is 2.47. The molecule has 1 saturated carbocycles. The molecule has 15 heavy (non-hydrogen) atoms. The molecule has 1 aliphatic rings. The van der Waals surface area contributed by atoms with Gasteiger partial charge in [-0.3, -0.25) is 0 Å². The van der Waals surface area contributed by atoms with E-state index in [9.17, 15) is 4.39 Å². The van der Waals surface area contributed by atoms with Crippen molar-refractivity contribution in [2.45, 2.75) is 25.3 Å². The molecule has 1 aromatic carbocycles. The summed E-state index contributed by atoms with van der Waals surface area (Å²) >= 11 is 3.25. The molecule has 0 spiro atoms. The Morgan fingerprint density at radius 3 is 2.93 bits per heavy atom. The van der Waals surface area contributed by atoms with Gasteiger partial charge in [-0.1, -0.05) is 23.8 Å². The zero-order chi connectivity index (χ0) is 10.8. The second kappa shape index (κ2) is 4.45. The number of benzene rings is 1. The Morgan fingerprint density at radius 2 is 2.27 bits per heavy atom. The van der Waals surface area contributed by atoms with Crippen LogP contribution in [0.3, 0.4) is 0 Å². The molecule has 2 N–H and O–H groups in total. The zero-order valence-electron chi connectivity index (χ0n) is 8.34. The summed E-state index contributed by atoms with van der Waals surface area (Å²) in [6.07, 6.45) is 5.05. The fourth-order valence-electron chi connectivity index (χ4n) is 1.89. The molecule has 1 fully saturated rings. The van der Waals surface area contributed by atoms with Crippen molar-refractivity contribution in [2.75, 3.05) is 0 Å². The number of halogens is 2. The minimum Gasteiger partial charge on any atom is -0.327 e. The van der Waals surface area contributed by atoms with Crippen molar-refractivity contribution in [1.29, 1.82) is 0 Å². The maximum Gasteiger partial charge on any atom is 0.137 e.